The number of ether oxygens (including phenoxy) is 1. The molecule has 18 heavy (non-hydrogen) atoms. The van der Waals surface area contributed by atoms with Crippen molar-refractivity contribution in [2.24, 2.45) is 0 Å². The van der Waals surface area contributed by atoms with Crippen LogP contribution in [0.25, 0.3) is 10.8 Å². The van der Waals surface area contributed by atoms with Gasteiger partial charge in [0.2, 0.25) is 5.88 Å². The summed E-state index contributed by atoms with van der Waals surface area (Å²) in [5, 5.41) is 2.23. The minimum atomic E-state index is 0.638. The third-order valence-electron chi connectivity index (χ3n) is 2.84. The predicted molar refractivity (Wildman–Crippen MR) is 78.2 cm³/mol. The lowest BCUT2D eigenvalue weighted by molar-refractivity contribution is 0.256. The average Bonchev–Trinajstić information content (AvgIpc) is 2.33. The highest BCUT2D eigenvalue weighted by Gasteiger charge is 2.09. The van der Waals surface area contributed by atoms with Gasteiger partial charge in [0.25, 0.3) is 0 Å². The van der Waals surface area contributed by atoms with E-state index >= 15 is 0 Å². The zero-order valence-corrected chi connectivity index (χ0v) is 12.5. The summed E-state index contributed by atoms with van der Waals surface area (Å²) < 4.78 is 6.81. The third kappa shape index (κ3) is 2.82. The maximum atomic E-state index is 5.78. The Morgan fingerprint density at radius 1 is 1.28 bits per heavy atom. The Bertz CT molecular complexity index is 555. The first-order chi connectivity index (χ1) is 8.59. The lowest BCUT2D eigenvalue weighted by atomic mass is 10.1. The average molecular weight is 309 g/mol. The standard InChI is InChI=1S/C14H17BrN2O/c1-10-4-5-12(15)13-11(10)6-7-16-14(13)18-9-8-17(2)3/h4-7H,8-9H2,1-3H3. The molecule has 96 valence electrons. The van der Waals surface area contributed by atoms with E-state index in [1.165, 1.54) is 10.9 Å². The Labute approximate surface area is 116 Å². The molecule has 1 aromatic heterocycles. The second-order valence-corrected chi connectivity index (χ2v) is 5.41. The van der Waals surface area contributed by atoms with Gasteiger partial charge in [0, 0.05) is 17.2 Å². The number of benzene rings is 1. The SMILES string of the molecule is Cc1ccc(Br)c2c(OCCN(C)C)nccc12. The summed E-state index contributed by atoms with van der Waals surface area (Å²) in [6.07, 6.45) is 1.80. The van der Waals surface area contributed by atoms with Gasteiger partial charge in [0.1, 0.15) is 6.61 Å². The Hall–Kier alpha value is -1.13. The summed E-state index contributed by atoms with van der Waals surface area (Å²) in [5.74, 6) is 0.699. The van der Waals surface area contributed by atoms with Crippen molar-refractivity contribution in [3.05, 3.63) is 34.4 Å². The quantitative estimate of drug-likeness (QED) is 0.867. The number of halogens is 1. The topological polar surface area (TPSA) is 25.4 Å². The fourth-order valence-electron chi connectivity index (χ4n) is 1.81. The number of aryl methyl sites for hydroxylation is 1. The Balaban J connectivity index is 2.36. The van der Waals surface area contributed by atoms with Crippen LogP contribution in [0.1, 0.15) is 5.56 Å². The van der Waals surface area contributed by atoms with Crippen LogP contribution in [0.5, 0.6) is 5.88 Å². The van der Waals surface area contributed by atoms with E-state index in [1.807, 2.05) is 26.2 Å². The number of nitrogens with zero attached hydrogens (tertiary/aromatic N) is 2. The summed E-state index contributed by atoms with van der Waals surface area (Å²) in [5.41, 5.74) is 1.23. The highest BCUT2D eigenvalue weighted by molar-refractivity contribution is 9.10. The zero-order valence-electron chi connectivity index (χ0n) is 10.9. The molecule has 0 saturated heterocycles. The van der Waals surface area contributed by atoms with Gasteiger partial charge in [-0.05, 0) is 60.0 Å². The second-order valence-electron chi connectivity index (χ2n) is 4.55. The molecule has 0 aliphatic heterocycles. The van der Waals surface area contributed by atoms with E-state index in [4.69, 9.17) is 4.74 Å². The zero-order chi connectivity index (χ0) is 13.1. The Morgan fingerprint density at radius 2 is 2.06 bits per heavy atom. The number of likely N-dealkylation sites (N-methyl/N-ethyl adjacent to an activating group) is 1. The second kappa shape index (κ2) is 5.67. The first-order valence-electron chi connectivity index (χ1n) is 5.91. The van der Waals surface area contributed by atoms with Crippen LogP contribution in [0.3, 0.4) is 0 Å². The van der Waals surface area contributed by atoms with Crippen LogP contribution >= 0.6 is 15.9 Å². The Kier molecular flexibility index (Phi) is 4.19. The molecule has 1 aromatic carbocycles. The molecule has 0 amide bonds. The van der Waals surface area contributed by atoms with E-state index in [1.54, 1.807) is 6.20 Å². The van der Waals surface area contributed by atoms with Crippen LogP contribution < -0.4 is 4.74 Å². The fraction of sp³-hybridized carbons (Fsp3) is 0.357. The highest BCUT2D eigenvalue weighted by atomic mass is 79.9. The van der Waals surface area contributed by atoms with Crippen LogP contribution in [0.15, 0.2) is 28.9 Å². The van der Waals surface area contributed by atoms with Gasteiger partial charge in [-0.1, -0.05) is 6.07 Å². The number of hydrogen-bond acceptors (Lipinski definition) is 3. The van der Waals surface area contributed by atoms with E-state index < -0.39 is 0 Å². The van der Waals surface area contributed by atoms with Crippen molar-refractivity contribution in [2.45, 2.75) is 6.92 Å². The van der Waals surface area contributed by atoms with Crippen molar-refractivity contribution in [3.63, 3.8) is 0 Å². The molecule has 0 radical (unpaired) electrons. The van der Waals surface area contributed by atoms with Crippen LogP contribution in [-0.4, -0.2) is 37.1 Å². The lowest BCUT2D eigenvalue weighted by Crippen LogP contribution is -2.19. The lowest BCUT2D eigenvalue weighted by Gasteiger charge is -2.13. The Morgan fingerprint density at radius 3 is 2.78 bits per heavy atom. The molecule has 3 nitrogen and oxygen atoms in total. The normalized spacial score (nSPS) is 11.2. The summed E-state index contributed by atoms with van der Waals surface area (Å²) in [6.45, 7) is 3.61. The van der Waals surface area contributed by atoms with E-state index in [9.17, 15) is 0 Å². The van der Waals surface area contributed by atoms with Crippen molar-refractivity contribution in [2.75, 3.05) is 27.2 Å². The van der Waals surface area contributed by atoms with Crippen molar-refractivity contribution in [3.8, 4) is 5.88 Å². The number of aromatic nitrogens is 1. The van der Waals surface area contributed by atoms with E-state index in [0.29, 0.717) is 12.5 Å². The minimum absolute atomic E-state index is 0.638. The van der Waals surface area contributed by atoms with Gasteiger partial charge in [-0.2, -0.15) is 0 Å². The summed E-state index contributed by atoms with van der Waals surface area (Å²) in [6, 6.07) is 6.16. The van der Waals surface area contributed by atoms with Gasteiger partial charge in [0.15, 0.2) is 0 Å². The minimum Gasteiger partial charge on any atom is -0.476 e. The van der Waals surface area contributed by atoms with Gasteiger partial charge < -0.3 is 9.64 Å². The molecule has 4 heteroatoms. The van der Waals surface area contributed by atoms with Crippen molar-refractivity contribution in [1.82, 2.24) is 9.88 Å². The fourth-order valence-corrected chi connectivity index (χ4v) is 2.32. The van der Waals surface area contributed by atoms with Gasteiger partial charge >= 0.3 is 0 Å². The van der Waals surface area contributed by atoms with Crippen LogP contribution in [-0.2, 0) is 0 Å². The third-order valence-corrected chi connectivity index (χ3v) is 3.50. The molecular formula is C14H17BrN2O. The molecule has 2 aromatic rings. The molecule has 0 saturated carbocycles. The van der Waals surface area contributed by atoms with Crippen molar-refractivity contribution in [1.29, 1.82) is 0 Å². The molecular weight excluding hydrogens is 292 g/mol. The number of pyridine rings is 1. The van der Waals surface area contributed by atoms with E-state index in [2.05, 4.69) is 38.8 Å². The van der Waals surface area contributed by atoms with E-state index in [-0.39, 0.29) is 0 Å². The first-order valence-corrected chi connectivity index (χ1v) is 6.70. The van der Waals surface area contributed by atoms with Crippen LogP contribution in [0, 0.1) is 6.92 Å². The van der Waals surface area contributed by atoms with Crippen molar-refractivity contribution < 1.29 is 4.74 Å². The molecule has 0 aliphatic carbocycles. The molecule has 0 atom stereocenters. The van der Waals surface area contributed by atoms with E-state index in [0.717, 1.165) is 16.4 Å². The predicted octanol–water partition coefficient (Wildman–Crippen LogP) is 3.25. The molecule has 0 N–H and O–H groups in total. The summed E-state index contributed by atoms with van der Waals surface area (Å²) >= 11 is 3.57. The number of hydrogen-bond donors (Lipinski definition) is 0. The monoisotopic (exact) mass is 308 g/mol. The van der Waals surface area contributed by atoms with Crippen LogP contribution in [0.2, 0.25) is 0 Å². The highest BCUT2D eigenvalue weighted by Crippen LogP contribution is 2.32. The number of rotatable bonds is 4. The summed E-state index contributed by atoms with van der Waals surface area (Å²) in [4.78, 5) is 6.42. The molecule has 0 aliphatic rings. The summed E-state index contributed by atoms with van der Waals surface area (Å²) in [7, 11) is 4.06. The first kappa shape index (κ1) is 13.3. The smallest absolute Gasteiger partial charge is 0.222 e. The number of fused-ring (bicyclic) bond motifs is 1. The molecule has 1 heterocycles. The maximum Gasteiger partial charge on any atom is 0.222 e. The maximum absolute atomic E-state index is 5.78. The molecule has 0 unspecified atom stereocenters. The molecule has 0 spiro atoms. The van der Waals surface area contributed by atoms with Gasteiger partial charge in [0.05, 0.1) is 5.39 Å². The van der Waals surface area contributed by atoms with Crippen LogP contribution in [0.4, 0.5) is 0 Å². The largest absolute Gasteiger partial charge is 0.476 e. The van der Waals surface area contributed by atoms with Gasteiger partial charge in [-0.15, -0.1) is 0 Å². The van der Waals surface area contributed by atoms with Gasteiger partial charge in [-0.25, -0.2) is 4.98 Å². The van der Waals surface area contributed by atoms with Crippen molar-refractivity contribution >= 4 is 26.7 Å². The van der Waals surface area contributed by atoms with Gasteiger partial charge in [-0.3, -0.25) is 0 Å². The molecule has 0 fully saturated rings. The molecule has 2 rings (SSSR count). The molecule has 0 bridgehead atoms.